The summed E-state index contributed by atoms with van der Waals surface area (Å²) >= 11 is 0. The molecule has 4 heteroatoms. The van der Waals surface area contributed by atoms with Gasteiger partial charge in [-0.3, -0.25) is 4.99 Å². The molecule has 18 heavy (non-hydrogen) atoms. The van der Waals surface area contributed by atoms with Crippen LogP contribution in [-0.2, 0) is 0 Å². The zero-order valence-corrected chi connectivity index (χ0v) is 11.4. The molecule has 0 aromatic heterocycles. The highest BCUT2D eigenvalue weighted by atomic mass is 16.5. The maximum atomic E-state index is 5.70. The Balaban J connectivity index is 2.30. The maximum Gasteiger partial charge on any atom is 0.161 e. The van der Waals surface area contributed by atoms with E-state index in [1.54, 1.807) is 7.11 Å². The Kier molecular flexibility index (Phi) is 3.75. The predicted molar refractivity (Wildman–Crippen MR) is 72.8 cm³/mol. The van der Waals surface area contributed by atoms with Gasteiger partial charge in [-0.2, -0.15) is 0 Å². The number of benzene rings is 1. The Labute approximate surface area is 108 Å². The number of aliphatic imine (C=N–C) groups is 1. The third kappa shape index (κ3) is 2.58. The topological polar surface area (TPSA) is 34.1 Å². The average Bonchev–Trinajstić information content (AvgIpc) is 2.75. The molecule has 98 valence electrons. The van der Waals surface area contributed by atoms with Crippen LogP contribution in [0, 0.1) is 0 Å². The molecule has 0 aliphatic carbocycles. The second-order valence-electron chi connectivity index (χ2n) is 4.66. The molecule has 2 rings (SSSR count). The molecule has 0 fully saturated rings. The van der Waals surface area contributed by atoms with Gasteiger partial charge in [0.05, 0.1) is 19.8 Å². The number of amidine groups is 1. The zero-order chi connectivity index (χ0) is 13.1. The summed E-state index contributed by atoms with van der Waals surface area (Å²) in [5.74, 6) is 2.55. The Morgan fingerprint density at radius 1 is 1.28 bits per heavy atom. The number of nitrogens with zero attached hydrogens (tertiary/aromatic N) is 2. The van der Waals surface area contributed by atoms with Gasteiger partial charge in [0.2, 0.25) is 0 Å². The second-order valence-corrected chi connectivity index (χ2v) is 4.66. The number of rotatable bonds is 4. The monoisotopic (exact) mass is 248 g/mol. The SMILES string of the molecule is COc1cc(C2=NCCN2C)ccc1OC(C)C. The summed E-state index contributed by atoms with van der Waals surface area (Å²) in [5.41, 5.74) is 1.07. The third-order valence-corrected chi connectivity index (χ3v) is 2.84. The zero-order valence-electron chi connectivity index (χ0n) is 11.4. The fraction of sp³-hybridized carbons (Fsp3) is 0.500. The minimum atomic E-state index is 0.135. The minimum Gasteiger partial charge on any atom is -0.493 e. The Hall–Kier alpha value is -1.71. The van der Waals surface area contributed by atoms with Gasteiger partial charge in [0.1, 0.15) is 5.84 Å². The van der Waals surface area contributed by atoms with Crippen molar-refractivity contribution in [2.45, 2.75) is 20.0 Å². The van der Waals surface area contributed by atoms with Crippen LogP contribution in [0.4, 0.5) is 0 Å². The van der Waals surface area contributed by atoms with Crippen LogP contribution in [0.25, 0.3) is 0 Å². The van der Waals surface area contributed by atoms with Crippen LogP contribution >= 0.6 is 0 Å². The van der Waals surface area contributed by atoms with Gasteiger partial charge in [-0.05, 0) is 32.0 Å². The van der Waals surface area contributed by atoms with Crippen LogP contribution in [0.2, 0.25) is 0 Å². The van der Waals surface area contributed by atoms with E-state index in [1.165, 1.54) is 0 Å². The first-order valence-electron chi connectivity index (χ1n) is 6.22. The van der Waals surface area contributed by atoms with Gasteiger partial charge >= 0.3 is 0 Å². The number of hydrogen-bond donors (Lipinski definition) is 0. The van der Waals surface area contributed by atoms with E-state index < -0.39 is 0 Å². The summed E-state index contributed by atoms with van der Waals surface area (Å²) in [6, 6.07) is 5.96. The van der Waals surface area contributed by atoms with E-state index in [2.05, 4.69) is 16.9 Å². The number of hydrogen-bond acceptors (Lipinski definition) is 4. The van der Waals surface area contributed by atoms with Crippen LogP contribution in [0.1, 0.15) is 19.4 Å². The van der Waals surface area contributed by atoms with E-state index in [0.717, 1.165) is 36.0 Å². The Morgan fingerprint density at radius 2 is 2.06 bits per heavy atom. The molecule has 0 amide bonds. The summed E-state index contributed by atoms with van der Waals surface area (Å²) in [4.78, 5) is 6.65. The first-order valence-corrected chi connectivity index (χ1v) is 6.22. The molecule has 0 unspecified atom stereocenters. The first kappa shape index (κ1) is 12.7. The van der Waals surface area contributed by atoms with E-state index >= 15 is 0 Å². The lowest BCUT2D eigenvalue weighted by Gasteiger charge is -2.17. The molecular weight excluding hydrogens is 228 g/mol. The summed E-state index contributed by atoms with van der Waals surface area (Å²) < 4.78 is 11.1. The summed E-state index contributed by atoms with van der Waals surface area (Å²) in [5, 5.41) is 0. The van der Waals surface area contributed by atoms with Crippen molar-refractivity contribution >= 4 is 5.84 Å². The van der Waals surface area contributed by atoms with Gasteiger partial charge in [0.15, 0.2) is 11.5 Å². The fourth-order valence-corrected chi connectivity index (χ4v) is 2.00. The molecule has 4 nitrogen and oxygen atoms in total. The van der Waals surface area contributed by atoms with Crippen molar-refractivity contribution in [1.29, 1.82) is 0 Å². The van der Waals surface area contributed by atoms with E-state index in [0.29, 0.717) is 0 Å². The summed E-state index contributed by atoms with van der Waals surface area (Å²) in [7, 11) is 3.71. The summed E-state index contributed by atoms with van der Waals surface area (Å²) in [6.07, 6.45) is 0.135. The van der Waals surface area contributed by atoms with Gasteiger partial charge in [-0.15, -0.1) is 0 Å². The Bertz CT molecular complexity index is 455. The molecule has 0 atom stereocenters. The van der Waals surface area contributed by atoms with Gasteiger partial charge in [-0.25, -0.2) is 0 Å². The highest BCUT2D eigenvalue weighted by Gasteiger charge is 2.16. The maximum absolute atomic E-state index is 5.70. The number of likely N-dealkylation sites (N-methyl/N-ethyl adjacent to an activating group) is 1. The lowest BCUT2D eigenvalue weighted by molar-refractivity contribution is 0.230. The van der Waals surface area contributed by atoms with Crippen molar-refractivity contribution < 1.29 is 9.47 Å². The highest BCUT2D eigenvalue weighted by Crippen LogP contribution is 2.29. The van der Waals surface area contributed by atoms with Crippen LogP contribution in [0.15, 0.2) is 23.2 Å². The molecule has 1 aliphatic heterocycles. The summed E-state index contributed by atoms with van der Waals surface area (Å²) in [6.45, 7) is 5.84. The molecule has 1 aromatic rings. The fourth-order valence-electron chi connectivity index (χ4n) is 2.00. The molecule has 1 aromatic carbocycles. The molecular formula is C14H20N2O2. The molecule has 0 bridgehead atoms. The van der Waals surface area contributed by atoms with E-state index in [9.17, 15) is 0 Å². The normalized spacial score (nSPS) is 14.9. The standard InChI is InChI=1S/C14H20N2O2/c1-10(2)18-12-6-5-11(9-13(12)17-4)14-15-7-8-16(14)3/h5-6,9-10H,7-8H2,1-4H3. The van der Waals surface area contributed by atoms with Gasteiger partial charge in [0.25, 0.3) is 0 Å². The lowest BCUT2D eigenvalue weighted by atomic mass is 10.1. The highest BCUT2D eigenvalue weighted by molar-refractivity contribution is 6.00. The van der Waals surface area contributed by atoms with Gasteiger partial charge < -0.3 is 14.4 Å². The van der Waals surface area contributed by atoms with Crippen LogP contribution < -0.4 is 9.47 Å². The van der Waals surface area contributed by atoms with Gasteiger partial charge in [0, 0.05) is 19.2 Å². The van der Waals surface area contributed by atoms with Crippen molar-refractivity contribution in [1.82, 2.24) is 4.90 Å². The second kappa shape index (κ2) is 5.29. The van der Waals surface area contributed by atoms with Gasteiger partial charge in [-0.1, -0.05) is 0 Å². The van der Waals surface area contributed by atoms with Crippen molar-refractivity contribution in [2.75, 3.05) is 27.2 Å². The minimum absolute atomic E-state index is 0.135. The molecule has 0 spiro atoms. The third-order valence-electron chi connectivity index (χ3n) is 2.84. The van der Waals surface area contributed by atoms with Crippen molar-refractivity contribution in [3.63, 3.8) is 0 Å². The molecule has 0 saturated heterocycles. The van der Waals surface area contributed by atoms with Crippen molar-refractivity contribution in [3.05, 3.63) is 23.8 Å². The quantitative estimate of drug-likeness (QED) is 0.819. The van der Waals surface area contributed by atoms with E-state index in [-0.39, 0.29) is 6.10 Å². The molecule has 1 heterocycles. The average molecular weight is 248 g/mol. The number of ether oxygens (including phenoxy) is 2. The number of methoxy groups -OCH3 is 1. The largest absolute Gasteiger partial charge is 0.493 e. The first-order chi connectivity index (χ1) is 8.61. The molecule has 0 N–H and O–H groups in total. The van der Waals surface area contributed by atoms with Crippen LogP contribution in [0.5, 0.6) is 11.5 Å². The smallest absolute Gasteiger partial charge is 0.161 e. The predicted octanol–water partition coefficient (Wildman–Crippen LogP) is 2.17. The van der Waals surface area contributed by atoms with E-state index in [1.807, 2.05) is 32.0 Å². The van der Waals surface area contributed by atoms with Crippen LogP contribution in [0.3, 0.4) is 0 Å². The van der Waals surface area contributed by atoms with Crippen LogP contribution in [-0.4, -0.2) is 44.1 Å². The molecule has 0 radical (unpaired) electrons. The van der Waals surface area contributed by atoms with Crippen molar-refractivity contribution in [2.24, 2.45) is 4.99 Å². The lowest BCUT2D eigenvalue weighted by Crippen LogP contribution is -2.23. The molecule has 1 aliphatic rings. The van der Waals surface area contributed by atoms with Crippen molar-refractivity contribution in [3.8, 4) is 11.5 Å². The molecule has 0 saturated carbocycles. The van der Waals surface area contributed by atoms with E-state index in [4.69, 9.17) is 9.47 Å². The Morgan fingerprint density at radius 3 is 2.61 bits per heavy atom.